The van der Waals surface area contributed by atoms with Crippen molar-refractivity contribution in [2.24, 2.45) is 0 Å². The SMILES string of the molecule is CC(C)(C)c1ccc(OCCOc2ccc(C#N)cc2)cc1. The molecule has 0 radical (unpaired) electrons. The molecule has 0 N–H and O–H groups in total. The second kappa shape index (κ2) is 7.00. The first kappa shape index (κ1) is 15.9. The second-order valence-electron chi connectivity index (χ2n) is 6.11. The molecule has 22 heavy (non-hydrogen) atoms. The Balaban J connectivity index is 1.77. The van der Waals surface area contributed by atoms with Crippen molar-refractivity contribution in [3.05, 3.63) is 59.7 Å². The van der Waals surface area contributed by atoms with E-state index in [0.717, 1.165) is 11.5 Å². The summed E-state index contributed by atoms with van der Waals surface area (Å²) >= 11 is 0. The molecule has 3 heteroatoms. The Labute approximate surface area is 132 Å². The molecule has 0 aliphatic carbocycles. The molecule has 0 atom stereocenters. The zero-order valence-electron chi connectivity index (χ0n) is 13.3. The number of nitrogens with zero attached hydrogens (tertiary/aromatic N) is 1. The van der Waals surface area contributed by atoms with Gasteiger partial charge in [-0.15, -0.1) is 0 Å². The molecule has 0 saturated heterocycles. The van der Waals surface area contributed by atoms with Crippen LogP contribution in [0.3, 0.4) is 0 Å². The smallest absolute Gasteiger partial charge is 0.122 e. The summed E-state index contributed by atoms with van der Waals surface area (Å²) in [5.74, 6) is 1.59. The average molecular weight is 295 g/mol. The fraction of sp³-hybridized carbons (Fsp3) is 0.316. The summed E-state index contributed by atoms with van der Waals surface area (Å²) in [5, 5.41) is 8.73. The quantitative estimate of drug-likeness (QED) is 0.772. The Bertz CT molecular complexity index is 631. The first-order chi connectivity index (χ1) is 10.5. The number of benzene rings is 2. The molecule has 0 spiro atoms. The molecule has 0 aliphatic heterocycles. The number of rotatable bonds is 5. The molecular weight excluding hydrogens is 274 g/mol. The van der Waals surface area contributed by atoms with E-state index >= 15 is 0 Å². The standard InChI is InChI=1S/C19H21NO2/c1-19(2,3)16-6-10-18(11-7-16)22-13-12-21-17-8-4-15(14-20)5-9-17/h4-11H,12-13H2,1-3H3. The van der Waals surface area contributed by atoms with Crippen LogP contribution in [-0.2, 0) is 5.41 Å². The van der Waals surface area contributed by atoms with Crippen molar-refractivity contribution in [3.8, 4) is 17.6 Å². The van der Waals surface area contributed by atoms with E-state index in [4.69, 9.17) is 14.7 Å². The molecule has 2 aromatic carbocycles. The van der Waals surface area contributed by atoms with Crippen molar-refractivity contribution in [2.45, 2.75) is 26.2 Å². The third kappa shape index (κ3) is 4.53. The summed E-state index contributed by atoms with van der Waals surface area (Å²) in [6, 6.07) is 17.3. The Hall–Kier alpha value is -2.47. The summed E-state index contributed by atoms with van der Waals surface area (Å²) in [4.78, 5) is 0. The predicted molar refractivity (Wildman–Crippen MR) is 87.3 cm³/mol. The molecule has 0 fully saturated rings. The van der Waals surface area contributed by atoms with Crippen molar-refractivity contribution in [3.63, 3.8) is 0 Å². The van der Waals surface area contributed by atoms with E-state index in [2.05, 4.69) is 39.0 Å². The van der Waals surface area contributed by atoms with Gasteiger partial charge in [0.2, 0.25) is 0 Å². The van der Waals surface area contributed by atoms with Crippen molar-refractivity contribution < 1.29 is 9.47 Å². The van der Waals surface area contributed by atoms with Crippen molar-refractivity contribution >= 4 is 0 Å². The van der Waals surface area contributed by atoms with Crippen LogP contribution >= 0.6 is 0 Å². The van der Waals surface area contributed by atoms with Crippen LogP contribution in [0.1, 0.15) is 31.9 Å². The van der Waals surface area contributed by atoms with Gasteiger partial charge in [-0.3, -0.25) is 0 Å². The normalized spacial score (nSPS) is 10.8. The minimum absolute atomic E-state index is 0.150. The topological polar surface area (TPSA) is 42.2 Å². The molecule has 0 amide bonds. The largest absolute Gasteiger partial charge is 0.490 e. The van der Waals surface area contributed by atoms with Gasteiger partial charge < -0.3 is 9.47 Å². The van der Waals surface area contributed by atoms with Crippen molar-refractivity contribution in [1.82, 2.24) is 0 Å². The summed E-state index contributed by atoms with van der Waals surface area (Å²) in [6.45, 7) is 7.51. The minimum atomic E-state index is 0.150. The van der Waals surface area contributed by atoms with Crippen LogP contribution in [0.25, 0.3) is 0 Å². The summed E-state index contributed by atoms with van der Waals surface area (Å²) in [7, 11) is 0. The van der Waals surface area contributed by atoms with Gasteiger partial charge in [-0.05, 0) is 47.4 Å². The maximum absolute atomic E-state index is 8.73. The summed E-state index contributed by atoms with van der Waals surface area (Å²) in [5.41, 5.74) is 2.06. The fourth-order valence-corrected chi connectivity index (χ4v) is 2.00. The number of hydrogen-bond acceptors (Lipinski definition) is 3. The van der Waals surface area contributed by atoms with E-state index in [0.29, 0.717) is 18.8 Å². The van der Waals surface area contributed by atoms with E-state index in [9.17, 15) is 0 Å². The molecule has 0 aromatic heterocycles. The number of ether oxygens (including phenoxy) is 2. The van der Waals surface area contributed by atoms with Gasteiger partial charge in [-0.2, -0.15) is 5.26 Å². The van der Waals surface area contributed by atoms with Gasteiger partial charge in [0.1, 0.15) is 24.7 Å². The molecule has 0 unspecified atom stereocenters. The van der Waals surface area contributed by atoms with Gasteiger partial charge in [0.25, 0.3) is 0 Å². The molecule has 3 nitrogen and oxygen atoms in total. The van der Waals surface area contributed by atoms with Crippen molar-refractivity contribution in [1.29, 1.82) is 5.26 Å². The van der Waals surface area contributed by atoms with E-state index < -0.39 is 0 Å². The van der Waals surface area contributed by atoms with Gasteiger partial charge in [-0.1, -0.05) is 32.9 Å². The lowest BCUT2D eigenvalue weighted by Crippen LogP contribution is -2.11. The van der Waals surface area contributed by atoms with Crippen LogP contribution in [0.4, 0.5) is 0 Å². The predicted octanol–water partition coefficient (Wildman–Crippen LogP) is 4.31. The lowest BCUT2D eigenvalue weighted by molar-refractivity contribution is 0.217. The first-order valence-electron chi connectivity index (χ1n) is 7.35. The van der Waals surface area contributed by atoms with Gasteiger partial charge in [-0.25, -0.2) is 0 Å². The first-order valence-corrected chi connectivity index (χ1v) is 7.35. The Morgan fingerprint density at radius 1 is 0.818 bits per heavy atom. The van der Waals surface area contributed by atoms with Gasteiger partial charge in [0.15, 0.2) is 0 Å². The molecule has 2 aromatic rings. The van der Waals surface area contributed by atoms with Crippen LogP contribution < -0.4 is 9.47 Å². The van der Waals surface area contributed by atoms with Crippen molar-refractivity contribution in [2.75, 3.05) is 13.2 Å². The molecule has 0 bridgehead atoms. The zero-order chi connectivity index (χ0) is 16.0. The average Bonchev–Trinajstić information content (AvgIpc) is 2.52. The highest BCUT2D eigenvalue weighted by Crippen LogP contribution is 2.24. The number of hydrogen-bond donors (Lipinski definition) is 0. The Morgan fingerprint density at radius 2 is 1.27 bits per heavy atom. The molecule has 0 heterocycles. The van der Waals surface area contributed by atoms with E-state index in [1.54, 1.807) is 24.3 Å². The monoisotopic (exact) mass is 295 g/mol. The van der Waals surface area contributed by atoms with Crippen LogP contribution in [0.15, 0.2) is 48.5 Å². The van der Waals surface area contributed by atoms with Gasteiger partial charge >= 0.3 is 0 Å². The molecule has 2 rings (SSSR count). The van der Waals surface area contributed by atoms with Gasteiger partial charge in [0, 0.05) is 0 Å². The Kier molecular flexibility index (Phi) is 5.06. The second-order valence-corrected chi connectivity index (χ2v) is 6.11. The van der Waals surface area contributed by atoms with E-state index in [1.165, 1.54) is 5.56 Å². The third-order valence-corrected chi connectivity index (χ3v) is 3.32. The van der Waals surface area contributed by atoms with E-state index in [-0.39, 0.29) is 5.41 Å². The highest BCUT2D eigenvalue weighted by Gasteiger charge is 2.12. The van der Waals surface area contributed by atoms with Crippen LogP contribution in [0.5, 0.6) is 11.5 Å². The zero-order valence-corrected chi connectivity index (χ0v) is 13.3. The number of nitriles is 1. The highest BCUT2D eigenvalue weighted by atomic mass is 16.5. The molecule has 0 saturated carbocycles. The Morgan fingerprint density at radius 3 is 1.68 bits per heavy atom. The van der Waals surface area contributed by atoms with Crippen LogP contribution in [0.2, 0.25) is 0 Å². The molecular formula is C19H21NO2. The maximum Gasteiger partial charge on any atom is 0.122 e. The van der Waals surface area contributed by atoms with E-state index in [1.807, 2.05) is 12.1 Å². The molecule has 0 aliphatic rings. The fourth-order valence-electron chi connectivity index (χ4n) is 2.00. The lowest BCUT2D eigenvalue weighted by atomic mass is 9.87. The summed E-state index contributed by atoms with van der Waals surface area (Å²) < 4.78 is 11.2. The molecule has 114 valence electrons. The minimum Gasteiger partial charge on any atom is -0.490 e. The lowest BCUT2D eigenvalue weighted by Gasteiger charge is -2.19. The van der Waals surface area contributed by atoms with Gasteiger partial charge in [0.05, 0.1) is 11.6 Å². The highest BCUT2D eigenvalue weighted by molar-refractivity contribution is 5.34. The third-order valence-electron chi connectivity index (χ3n) is 3.32. The maximum atomic E-state index is 8.73. The van der Waals surface area contributed by atoms with Crippen LogP contribution in [-0.4, -0.2) is 13.2 Å². The van der Waals surface area contributed by atoms with Crippen LogP contribution in [0, 0.1) is 11.3 Å². The summed E-state index contributed by atoms with van der Waals surface area (Å²) in [6.07, 6.45) is 0.